The molecular formula is C20H18N2O2. The Morgan fingerprint density at radius 1 is 0.958 bits per heavy atom. The van der Waals surface area contributed by atoms with Gasteiger partial charge < -0.3 is 4.74 Å². The maximum absolute atomic E-state index is 11.7. The Balaban J connectivity index is 1.46. The van der Waals surface area contributed by atoms with E-state index in [0.717, 1.165) is 16.3 Å². The van der Waals surface area contributed by atoms with Crippen molar-refractivity contribution < 1.29 is 9.53 Å². The van der Waals surface area contributed by atoms with Gasteiger partial charge in [-0.25, -0.2) is 5.43 Å². The molecule has 3 rings (SSSR count). The molecule has 1 amide bonds. The molecule has 3 aromatic rings. The average molecular weight is 318 g/mol. The zero-order chi connectivity index (χ0) is 16.6. The lowest BCUT2D eigenvalue weighted by molar-refractivity contribution is -0.123. The highest BCUT2D eigenvalue weighted by Crippen LogP contribution is 2.20. The molecular weight excluding hydrogens is 300 g/mol. The first-order valence-electron chi connectivity index (χ1n) is 7.77. The average Bonchev–Trinajstić information content (AvgIpc) is 2.64. The number of rotatable bonds is 6. The number of hydrogen-bond donors (Lipinski definition) is 1. The van der Waals surface area contributed by atoms with Crippen LogP contribution in [0.4, 0.5) is 0 Å². The van der Waals surface area contributed by atoms with Gasteiger partial charge in [-0.3, -0.25) is 4.79 Å². The number of benzene rings is 3. The molecule has 0 fully saturated rings. The number of nitrogens with zero attached hydrogens (tertiary/aromatic N) is 1. The molecule has 0 aliphatic carbocycles. The van der Waals surface area contributed by atoms with Gasteiger partial charge in [-0.1, -0.05) is 60.7 Å². The molecule has 4 nitrogen and oxygen atoms in total. The lowest BCUT2D eigenvalue weighted by atomic mass is 10.1. The maximum Gasteiger partial charge on any atom is 0.277 e. The van der Waals surface area contributed by atoms with E-state index in [9.17, 15) is 4.79 Å². The molecule has 3 aromatic carbocycles. The fraction of sp³-hybridized carbons (Fsp3) is 0.100. The number of amides is 1. The molecule has 24 heavy (non-hydrogen) atoms. The van der Waals surface area contributed by atoms with Crippen LogP contribution in [0, 0.1) is 0 Å². The fourth-order valence-corrected chi connectivity index (χ4v) is 2.32. The van der Waals surface area contributed by atoms with Crippen LogP contribution in [0.25, 0.3) is 10.8 Å². The molecule has 0 aromatic heterocycles. The van der Waals surface area contributed by atoms with E-state index in [0.29, 0.717) is 12.2 Å². The monoisotopic (exact) mass is 318 g/mol. The predicted molar refractivity (Wildman–Crippen MR) is 96.2 cm³/mol. The lowest BCUT2D eigenvalue weighted by Gasteiger charge is -2.06. The molecule has 1 N–H and O–H groups in total. The summed E-state index contributed by atoms with van der Waals surface area (Å²) in [5.41, 5.74) is 3.61. The van der Waals surface area contributed by atoms with Crippen molar-refractivity contribution in [2.75, 3.05) is 6.61 Å². The van der Waals surface area contributed by atoms with E-state index < -0.39 is 0 Å². The van der Waals surface area contributed by atoms with Crippen molar-refractivity contribution in [3.8, 4) is 5.75 Å². The zero-order valence-corrected chi connectivity index (χ0v) is 13.2. The number of ether oxygens (including phenoxy) is 1. The summed E-state index contributed by atoms with van der Waals surface area (Å²) >= 11 is 0. The van der Waals surface area contributed by atoms with Crippen LogP contribution in [-0.2, 0) is 11.2 Å². The molecule has 0 aliphatic heterocycles. The number of fused-ring (bicyclic) bond motifs is 1. The minimum atomic E-state index is -0.285. The van der Waals surface area contributed by atoms with Gasteiger partial charge in [0.15, 0.2) is 6.61 Å². The quantitative estimate of drug-likeness (QED) is 0.558. The topological polar surface area (TPSA) is 50.7 Å². The van der Waals surface area contributed by atoms with Gasteiger partial charge in [-0.15, -0.1) is 0 Å². The molecule has 4 heteroatoms. The Morgan fingerprint density at radius 3 is 2.54 bits per heavy atom. The summed E-state index contributed by atoms with van der Waals surface area (Å²) < 4.78 is 5.51. The minimum Gasteiger partial charge on any atom is -0.484 e. The summed E-state index contributed by atoms with van der Waals surface area (Å²) in [5, 5.41) is 6.14. The first-order valence-corrected chi connectivity index (χ1v) is 7.77. The first-order chi connectivity index (χ1) is 11.8. The van der Waals surface area contributed by atoms with Crippen LogP contribution in [0.15, 0.2) is 77.9 Å². The standard InChI is InChI=1S/C20H18N2O2/c23-20(22-21-13-12-16-6-2-1-3-7-16)15-24-19-11-10-17-8-4-5-9-18(17)14-19/h1-11,13-14H,12,15H2,(H,22,23). The van der Waals surface area contributed by atoms with Crippen LogP contribution >= 0.6 is 0 Å². The summed E-state index contributed by atoms with van der Waals surface area (Å²) in [5.74, 6) is 0.379. The Bertz CT molecular complexity index is 844. The van der Waals surface area contributed by atoms with Crippen LogP contribution in [0.1, 0.15) is 5.56 Å². The Labute approximate surface area is 140 Å². The van der Waals surface area contributed by atoms with E-state index in [1.807, 2.05) is 72.8 Å². The van der Waals surface area contributed by atoms with Crippen molar-refractivity contribution in [1.82, 2.24) is 5.43 Å². The molecule has 0 unspecified atom stereocenters. The predicted octanol–water partition coefficient (Wildman–Crippen LogP) is 3.56. The van der Waals surface area contributed by atoms with Crippen LogP contribution in [0.2, 0.25) is 0 Å². The Kier molecular flexibility index (Phi) is 5.20. The van der Waals surface area contributed by atoms with E-state index in [1.165, 1.54) is 0 Å². The van der Waals surface area contributed by atoms with Gasteiger partial charge in [-0.05, 0) is 28.5 Å². The van der Waals surface area contributed by atoms with Gasteiger partial charge in [-0.2, -0.15) is 5.10 Å². The molecule has 0 saturated heterocycles. The lowest BCUT2D eigenvalue weighted by Crippen LogP contribution is -2.24. The molecule has 0 saturated carbocycles. The van der Waals surface area contributed by atoms with Gasteiger partial charge in [0.1, 0.15) is 5.75 Å². The summed E-state index contributed by atoms with van der Waals surface area (Å²) in [6.07, 6.45) is 2.34. The van der Waals surface area contributed by atoms with E-state index in [1.54, 1.807) is 6.21 Å². The summed E-state index contributed by atoms with van der Waals surface area (Å²) in [6, 6.07) is 23.7. The second-order valence-electron chi connectivity index (χ2n) is 5.33. The third kappa shape index (κ3) is 4.43. The number of carbonyl (C=O) groups excluding carboxylic acids is 1. The first kappa shape index (κ1) is 15.7. The number of hydrazone groups is 1. The minimum absolute atomic E-state index is 0.0684. The van der Waals surface area contributed by atoms with E-state index in [-0.39, 0.29) is 12.5 Å². The second-order valence-corrected chi connectivity index (χ2v) is 5.33. The van der Waals surface area contributed by atoms with Gasteiger partial charge in [0.2, 0.25) is 0 Å². The van der Waals surface area contributed by atoms with E-state index in [2.05, 4.69) is 10.5 Å². The molecule has 0 atom stereocenters. The summed E-state index contributed by atoms with van der Waals surface area (Å²) in [7, 11) is 0. The van der Waals surface area contributed by atoms with Crippen LogP contribution in [-0.4, -0.2) is 18.7 Å². The molecule has 0 spiro atoms. The van der Waals surface area contributed by atoms with Crippen LogP contribution in [0.5, 0.6) is 5.75 Å². The van der Waals surface area contributed by atoms with E-state index >= 15 is 0 Å². The highest BCUT2D eigenvalue weighted by atomic mass is 16.5. The SMILES string of the molecule is O=C(COc1ccc2ccccc2c1)NN=CCc1ccccc1. The number of carbonyl (C=O) groups is 1. The molecule has 0 heterocycles. The third-order valence-corrected chi connectivity index (χ3v) is 3.54. The molecule has 0 bridgehead atoms. The molecule has 0 aliphatic rings. The van der Waals surface area contributed by atoms with Crippen LogP contribution < -0.4 is 10.2 Å². The number of hydrogen-bond acceptors (Lipinski definition) is 3. The van der Waals surface area contributed by atoms with Crippen molar-refractivity contribution in [3.63, 3.8) is 0 Å². The van der Waals surface area contributed by atoms with Crippen molar-refractivity contribution in [1.29, 1.82) is 0 Å². The van der Waals surface area contributed by atoms with Gasteiger partial charge in [0.25, 0.3) is 5.91 Å². The highest BCUT2D eigenvalue weighted by Gasteiger charge is 2.02. The Morgan fingerprint density at radius 2 is 1.71 bits per heavy atom. The zero-order valence-electron chi connectivity index (χ0n) is 13.2. The maximum atomic E-state index is 11.7. The Hall–Kier alpha value is -3.14. The summed E-state index contributed by atoms with van der Waals surface area (Å²) in [4.78, 5) is 11.7. The van der Waals surface area contributed by atoms with Crippen molar-refractivity contribution >= 4 is 22.9 Å². The largest absolute Gasteiger partial charge is 0.484 e. The van der Waals surface area contributed by atoms with Gasteiger partial charge in [0.05, 0.1) is 0 Å². The summed E-state index contributed by atoms with van der Waals surface area (Å²) in [6.45, 7) is -0.0684. The van der Waals surface area contributed by atoms with Crippen molar-refractivity contribution in [2.45, 2.75) is 6.42 Å². The smallest absolute Gasteiger partial charge is 0.277 e. The molecule has 0 radical (unpaired) electrons. The fourth-order valence-electron chi connectivity index (χ4n) is 2.32. The highest BCUT2D eigenvalue weighted by molar-refractivity contribution is 5.84. The van der Waals surface area contributed by atoms with Crippen molar-refractivity contribution in [3.05, 3.63) is 78.4 Å². The molecule has 120 valence electrons. The van der Waals surface area contributed by atoms with Gasteiger partial charge >= 0.3 is 0 Å². The van der Waals surface area contributed by atoms with Crippen molar-refractivity contribution in [2.24, 2.45) is 5.10 Å². The van der Waals surface area contributed by atoms with Gasteiger partial charge in [0, 0.05) is 12.6 Å². The normalized spacial score (nSPS) is 10.8. The van der Waals surface area contributed by atoms with E-state index in [4.69, 9.17) is 4.74 Å². The second kappa shape index (κ2) is 7.92. The van der Waals surface area contributed by atoms with Crippen LogP contribution in [0.3, 0.4) is 0 Å². The number of nitrogens with one attached hydrogen (secondary N) is 1. The third-order valence-electron chi connectivity index (χ3n) is 3.54.